The topological polar surface area (TPSA) is 31.4 Å². The lowest BCUT2D eigenvalue weighted by atomic mass is 10.1. The van der Waals surface area contributed by atoms with Crippen LogP contribution in [0.3, 0.4) is 0 Å². The van der Waals surface area contributed by atoms with Crippen molar-refractivity contribution in [3.63, 3.8) is 0 Å². The Kier molecular flexibility index (Phi) is 4.43. The molecule has 19 heavy (non-hydrogen) atoms. The van der Waals surface area contributed by atoms with E-state index >= 15 is 0 Å². The number of benzene rings is 1. The molecular weight excluding hydrogens is 306 g/mol. The summed E-state index contributed by atoms with van der Waals surface area (Å²) < 4.78 is 12.0. The van der Waals surface area contributed by atoms with Crippen LogP contribution in [-0.2, 0) is 0 Å². The highest BCUT2D eigenvalue weighted by Gasteiger charge is 2.09. The van der Waals surface area contributed by atoms with Gasteiger partial charge >= 0.3 is 0 Å². The largest absolute Gasteiger partial charge is 0.493 e. The summed E-state index contributed by atoms with van der Waals surface area (Å²) in [6.07, 6.45) is 3.69. The minimum Gasteiger partial charge on any atom is -0.493 e. The van der Waals surface area contributed by atoms with Crippen LogP contribution < -0.4 is 9.47 Å². The molecule has 0 aliphatic heterocycles. The maximum atomic E-state index is 5.77. The Morgan fingerprint density at radius 1 is 1.05 bits per heavy atom. The third-order valence-electron chi connectivity index (χ3n) is 2.56. The molecule has 0 bridgehead atoms. The zero-order valence-corrected chi connectivity index (χ0v) is 12.8. The van der Waals surface area contributed by atoms with E-state index in [4.69, 9.17) is 9.47 Å². The Balaban J connectivity index is 2.42. The first kappa shape index (κ1) is 13.9. The van der Waals surface area contributed by atoms with Crippen molar-refractivity contribution in [3.8, 4) is 22.6 Å². The van der Waals surface area contributed by atoms with Crippen molar-refractivity contribution in [1.29, 1.82) is 0 Å². The standard InChI is InChI=1S/C15H16BrNO2/c1-10(2)19-15-7-11(4-5-14(15)18-3)12-6-13(16)9-17-8-12/h4-10H,1-3H3. The summed E-state index contributed by atoms with van der Waals surface area (Å²) in [5.74, 6) is 1.48. The van der Waals surface area contributed by atoms with E-state index in [1.807, 2.05) is 44.3 Å². The van der Waals surface area contributed by atoms with Crippen LogP contribution in [0.15, 0.2) is 41.1 Å². The van der Waals surface area contributed by atoms with Crippen LogP contribution in [0.4, 0.5) is 0 Å². The number of hydrogen-bond acceptors (Lipinski definition) is 3. The molecule has 0 amide bonds. The molecule has 4 heteroatoms. The van der Waals surface area contributed by atoms with E-state index in [1.54, 1.807) is 13.3 Å². The predicted molar refractivity (Wildman–Crippen MR) is 79.7 cm³/mol. The van der Waals surface area contributed by atoms with Gasteiger partial charge < -0.3 is 9.47 Å². The lowest BCUT2D eigenvalue weighted by Gasteiger charge is -2.14. The minimum atomic E-state index is 0.102. The molecular formula is C15H16BrNO2. The smallest absolute Gasteiger partial charge is 0.162 e. The van der Waals surface area contributed by atoms with Gasteiger partial charge in [-0.15, -0.1) is 0 Å². The van der Waals surface area contributed by atoms with E-state index in [0.29, 0.717) is 0 Å². The summed E-state index contributed by atoms with van der Waals surface area (Å²) >= 11 is 3.43. The lowest BCUT2D eigenvalue weighted by molar-refractivity contribution is 0.230. The second-order valence-corrected chi connectivity index (χ2v) is 5.34. The normalized spacial score (nSPS) is 10.6. The van der Waals surface area contributed by atoms with E-state index in [2.05, 4.69) is 20.9 Å². The van der Waals surface area contributed by atoms with Crippen molar-refractivity contribution >= 4 is 15.9 Å². The minimum absolute atomic E-state index is 0.102. The highest BCUT2D eigenvalue weighted by Crippen LogP contribution is 2.33. The van der Waals surface area contributed by atoms with E-state index in [0.717, 1.165) is 27.1 Å². The molecule has 0 fully saturated rings. The van der Waals surface area contributed by atoms with Gasteiger partial charge in [0, 0.05) is 22.4 Å². The Morgan fingerprint density at radius 3 is 2.47 bits per heavy atom. The average molecular weight is 322 g/mol. The molecule has 1 heterocycles. The molecule has 2 aromatic rings. The van der Waals surface area contributed by atoms with Gasteiger partial charge in [0.1, 0.15) is 0 Å². The first-order chi connectivity index (χ1) is 9.10. The van der Waals surface area contributed by atoms with Crippen molar-refractivity contribution in [1.82, 2.24) is 4.98 Å². The highest BCUT2D eigenvalue weighted by molar-refractivity contribution is 9.10. The molecule has 0 aliphatic carbocycles. The van der Waals surface area contributed by atoms with Gasteiger partial charge in [-0.3, -0.25) is 4.98 Å². The van der Waals surface area contributed by atoms with Crippen molar-refractivity contribution in [2.24, 2.45) is 0 Å². The fourth-order valence-electron chi connectivity index (χ4n) is 1.77. The molecule has 0 unspecified atom stereocenters. The Morgan fingerprint density at radius 2 is 1.84 bits per heavy atom. The summed E-state index contributed by atoms with van der Waals surface area (Å²) in [4.78, 5) is 4.17. The first-order valence-electron chi connectivity index (χ1n) is 6.06. The van der Waals surface area contributed by atoms with E-state index in [-0.39, 0.29) is 6.10 Å². The molecule has 0 atom stereocenters. The van der Waals surface area contributed by atoms with Crippen LogP contribution in [0.25, 0.3) is 11.1 Å². The van der Waals surface area contributed by atoms with Gasteiger partial charge in [0.25, 0.3) is 0 Å². The maximum absolute atomic E-state index is 5.77. The van der Waals surface area contributed by atoms with Gasteiger partial charge in [-0.05, 0) is 53.5 Å². The summed E-state index contributed by atoms with van der Waals surface area (Å²) in [5.41, 5.74) is 2.08. The second-order valence-electron chi connectivity index (χ2n) is 4.42. The van der Waals surface area contributed by atoms with E-state index in [1.165, 1.54) is 0 Å². The van der Waals surface area contributed by atoms with Gasteiger partial charge in [0.2, 0.25) is 0 Å². The average Bonchev–Trinajstić information content (AvgIpc) is 2.38. The monoisotopic (exact) mass is 321 g/mol. The van der Waals surface area contributed by atoms with E-state index in [9.17, 15) is 0 Å². The fraction of sp³-hybridized carbons (Fsp3) is 0.267. The molecule has 1 aromatic carbocycles. The van der Waals surface area contributed by atoms with E-state index < -0.39 is 0 Å². The number of rotatable bonds is 4. The fourth-order valence-corrected chi connectivity index (χ4v) is 2.14. The van der Waals surface area contributed by atoms with Crippen LogP contribution in [-0.4, -0.2) is 18.2 Å². The number of hydrogen-bond donors (Lipinski definition) is 0. The predicted octanol–water partition coefficient (Wildman–Crippen LogP) is 4.31. The molecule has 0 spiro atoms. The second kappa shape index (κ2) is 6.06. The zero-order valence-electron chi connectivity index (χ0n) is 11.2. The highest BCUT2D eigenvalue weighted by atomic mass is 79.9. The van der Waals surface area contributed by atoms with Gasteiger partial charge in [0.15, 0.2) is 11.5 Å². The molecule has 0 saturated carbocycles. The molecule has 0 aliphatic rings. The number of pyridine rings is 1. The Hall–Kier alpha value is -1.55. The number of halogens is 1. The number of ether oxygens (including phenoxy) is 2. The van der Waals surface area contributed by atoms with Crippen molar-refractivity contribution in [2.45, 2.75) is 20.0 Å². The molecule has 3 nitrogen and oxygen atoms in total. The van der Waals surface area contributed by atoms with Gasteiger partial charge in [-0.1, -0.05) is 6.07 Å². The Labute approximate surface area is 121 Å². The summed E-state index contributed by atoms with van der Waals surface area (Å²) in [5, 5.41) is 0. The molecule has 100 valence electrons. The van der Waals surface area contributed by atoms with Gasteiger partial charge in [0.05, 0.1) is 13.2 Å². The molecule has 1 aromatic heterocycles. The van der Waals surface area contributed by atoms with Crippen molar-refractivity contribution < 1.29 is 9.47 Å². The molecule has 2 rings (SSSR count). The number of methoxy groups -OCH3 is 1. The SMILES string of the molecule is COc1ccc(-c2cncc(Br)c2)cc1OC(C)C. The van der Waals surface area contributed by atoms with Crippen molar-refractivity contribution in [3.05, 3.63) is 41.1 Å². The zero-order chi connectivity index (χ0) is 13.8. The summed E-state index contributed by atoms with van der Waals surface area (Å²) in [6.45, 7) is 3.99. The molecule has 0 radical (unpaired) electrons. The van der Waals surface area contributed by atoms with Gasteiger partial charge in [-0.2, -0.15) is 0 Å². The molecule has 0 saturated heterocycles. The third-order valence-corrected chi connectivity index (χ3v) is 3.00. The number of aromatic nitrogens is 1. The maximum Gasteiger partial charge on any atom is 0.162 e. The summed E-state index contributed by atoms with van der Waals surface area (Å²) in [7, 11) is 1.64. The Bertz CT molecular complexity index is 570. The first-order valence-corrected chi connectivity index (χ1v) is 6.85. The van der Waals surface area contributed by atoms with Gasteiger partial charge in [-0.25, -0.2) is 0 Å². The lowest BCUT2D eigenvalue weighted by Crippen LogP contribution is -2.06. The van der Waals surface area contributed by atoms with Crippen LogP contribution >= 0.6 is 15.9 Å². The van der Waals surface area contributed by atoms with Crippen LogP contribution in [0.2, 0.25) is 0 Å². The number of nitrogens with zero attached hydrogens (tertiary/aromatic N) is 1. The summed E-state index contributed by atoms with van der Waals surface area (Å²) in [6, 6.07) is 7.90. The third kappa shape index (κ3) is 3.47. The van der Waals surface area contributed by atoms with Crippen LogP contribution in [0.5, 0.6) is 11.5 Å². The van der Waals surface area contributed by atoms with Crippen LogP contribution in [0.1, 0.15) is 13.8 Å². The van der Waals surface area contributed by atoms with Crippen molar-refractivity contribution in [2.75, 3.05) is 7.11 Å². The molecule has 0 N–H and O–H groups in total. The van der Waals surface area contributed by atoms with Crippen LogP contribution in [0, 0.1) is 0 Å². The quantitative estimate of drug-likeness (QED) is 0.841.